The summed E-state index contributed by atoms with van der Waals surface area (Å²) in [6, 6.07) is 13.3. The third-order valence-electron chi connectivity index (χ3n) is 6.55. The number of thioether (sulfide) groups is 1. The van der Waals surface area contributed by atoms with Gasteiger partial charge in [-0.2, -0.15) is 0 Å². The van der Waals surface area contributed by atoms with Crippen LogP contribution in [-0.2, 0) is 9.53 Å². The number of anilines is 1. The van der Waals surface area contributed by atoms with E-state index >= 15 is 0 Å². The number of nitrogens with zero attached hydrogens (tertiary/aromatic N) is 4. The van der Waals surface area contributed by atoms with Crippen molar-refractivity contribution in [1.82, 2.24) is 14.3 Å². The van der Waals surface area contributed by atoms with E-state index in [4.69, 9.17) is 21.9 Å². The number of pyridine rings is 1. The molecule has 2 aliphatic heterocycles. The Labute approximate surface area is 219 Å². The molecule has 0 aliphatic carbocycles. The first kappa shape index (κ1) is 24.7. The number of fused-ring (bicyclic) bond motifs is 1. The molecule has 0 saturated carbocycles. The van der Waals surface area contributed by atoms with E-state index < -0.39 is 0 Å². The summed E-state index contributed by atoms with van der Waals surface area (Å²) in [7, 11) is 0. The maximum Gasteiger partial charge on any atom is 0.267 e. The van der Waals surface area contributed by atoms with Crippen LogP contribution in [0.15, 0.2) is 58.4 Å². The van der Waals surface area contributed by atoms with Crippen molar-refractivity contribution in [2.45, 2.75) is 45.9 Å². The summed E-state index contributed by atoms with van der Waals surface area (Å²) in [5.41, 5.74) is 2.67. The second kappa shape index (κ2) is 9.80. The van der Waals surface area contributed by atoms with E-state index in [0.717, 1.165) is 11.1 Å². The van der Waals surface area contributed by atoms with Crippen LogP contribution in [0.2, 0.25) is 0 Å². The van der Waals surface area contributed by atoms with Gasteiger partial charge in [0, 0.05) is 19.3 Å². The maximum atomic E-state index is 13.8. The third kappa shape index (κ3) is 4.47. The highest BCUT2D eigenvalue weighted by Gasteiger charge is 2.37. The molecule has 2 saturated heterocycles. The van der Waals surface area contributed by atoms with Gasteiger partial charge >= 0.3 is 0 Å². The molecule has 186 valence electrons. The van der Waals surface area contributed by atoms with Crippen LogP contribution in [-0.4, -0.2) is 49.8 Å². The first-order chi connectivity index (χ1) is 17.2. The highest BCUT2D eigenvalue weighted by Crippen LogP contribution is 2.38. The van der Waals surface area contributed by atoms with Crippen molar-refractivity contribution in [3.05, 3.63) is 80.6 Å². The predicted molar refractivity (Wildman–Crippen MR) is 148 cm³/mol. The summed E-state index contributed by atoms with van der Waals surface area (Å²) in [5.74, 6) is 0.363. The molecule has 0 N–H and O–H groups in total. The van der Waals surface area contributed by atoms with Gasteiger partial charge in [0.15, 0.2) is 0 Å². The van der Waals surface area contributed by atoms with Gasteiger partial charge in [-0.15, -0.1) is 0 Å². The van der Waals surface area contributed by atoms with Gasteiger partial charge in [-0.05, 0) is 51.0 Å². The van der Waals surface area contributed by atoms with Crippen molar-refractivity contribution in [3.8, 4) is 0 Å². The van der Waals surface area contributed by atoms with Crippen molar-refractivity contribution < 1.29 is 9.53 Å². The lowest BCUT2D eigenvalue weighted by Gasteiger charge is -2.36. The van der Waals surface area contributed by atoms with Gasteiger partial charge in [0.25, 0.3) is 11.5 Å². The number of morpholine rings is 1. The molecule has 9 heteroatoms. The van der Waals surface area contributed by atoms with Crippen LogP contribution in [0.5, 0.6) is 0 Å². The van der Waals surface area contributed by atoms with Crippen LogP contribution in [0.3, 0.4) is 0 Å². The van der Waals surface area contributed by atoms with Crippen molar-refractivity contribution in [2.24, 2.45) is 0 Å². The maximum absolute atomic E-state index is 13.8. The minimum Gasteiger partial charge on any atom is -0.372 e. The van der Waals surface area contributed by atoms with Crippen LogP contribution < -0.4 is 10.5 Å². The molecule has 1 amide bonds. The molecule has 0 spiro atoms. The molecule has 2 aromatic heterocycles. The molecular weight excluding hydrogens is 492 g/mol. The molecular formula is C27H28N4O3S2. The largest absolute Gasteiger partial charge is 0.372 e. The molecule has 5 rings (SSSR count). The minimum absolute atomic E-state index is 0.0105. The van der Waals surface area contributed by atoms with Gasteiger partial charge in [-0.3, -0.25) is 18.9 Å². The Bertz CT molecular complexity index is 1430. The van der Waals surface area contributed by atoms with E-state index in [0.29, 0.717) is 39.3 Å². The van der Waals surface area contributed by atoms with Crippen LogP contribution in [0.4, 0.5) is 5.82 Å². The Kier molecular flexibility index (Phi) is 6.72. The first-order valence-electron chi connectivity index (χ1n) is 12.0. The number of aromatic nitrogens is 2. The molecule has 3 aromatic rings. The summed E-state index contributed by atoms with van der Waals surface area (Å²) in [6.07, 6.45) is 3.36. The van der Waals surface area contributed by atoms with Crippen molar-refractivity contribution in [3.63, 3.8) is 0 Å². The molecule has 3 unspecified atom stereocenters. The molecule has 3 atom stereocenters. The monoisotopic (exact) mass is 520 g/mol. The second-order valence-electron chi connectivity index (χ2n) is 9.34. The minimum atomic E-state index is -0.219. The number of thiocarbonyl (C=S) groups is 1. The van der Waals surface area contributed by atoms with Crippen LogP contribution in [0, 0.1) is 6.92 Å². The van der Waals surface area contributed by atoms with Gasteiger partial charge in [0.1, 0.15) is 15.8 Å². The summed E-state index contributed by atoms with van der Waals surface area (Å²) in [5, 5.41) is 0. The van der Waals surface area contributed by atoms with Crippen LogP contribution >= 0.6 is 24.0 Å². The number of carbonyl (C=O) groups excluding carboxylic acids is 1. The Morgan fingerprint density at radius 1 is 1.11 bits per heavy atom. The highest BCUT2D eigenvalue weighted by molar-refractivity contribution is 8.26. The molecule has 36 heavy (non-hydrogen) atoms. The number of hydrogen-bond acceptors (Lipinski definition) is 7. The summed E-state index contributed by atoms with van der Waals surface area (Å²) < 4.78 is 7.94. The number of aryl methyl sites for hydroxylation is 1. The quantitative estimate of drug-likeness (QED) is 0.369. The number of ether oxygens (including phenoxy) is 1. The number of carbonyl (C=O) groups is 1. The van der Waals surface area contributed by atoms with Gasteiger partial charge in [-0.25, -0.2) is 4.98 Å². The topological polar surface area (TPSA) is 67.2 Å². The Balaban J connectivity index is 1.62. The number of rotatable bonds is 4. The zero-order chi connectivity index (χ0) is 25.6. The van der Waals surface area contributed by atoms with Crippen LogP contribution in [0.25, 0.3) is 11.7 Å². The van der Waals surface area contributed by atoms with E-state index in [-0.39, 0.29) is 29.7 Å². The third-order valence-corrected chi connectivity index (χ3v) is 7.88. The Hall–Kier alpha value is -3.01. The predicted octanol–water partition coefficient (Wildman–Crippen LogP) is 4.58. The summed E-state index contributed by atoms with van der Waals surface area (Å²) in [6.45, 7) is 9.12. The SMILES string of the molecule is Cc1cccn2c(=O)c(C=C3SC(=S)N(C(C)c4ccccc4)C3=O)c(N3CC(C)OC(C)C3)nc12. The molecule has 0 radical (unpaired) electrons. The summed E-state index contributed by atoms with van der Waals surface area (Å²) >= 11 is 6.83. The average molecular weight is 521 g/mol. The number of benzene rings is 1. The lowest BCUT2D eigenvalue weighted by molar-refractivity contribution is -0.123. The van der Waals surface area contributed by atoms with E-state index in [9.17, 15) is 9.59 Å². The lowest BCUT2D eigenvalue weighted by Crippen LogP contribution is -2.46. The molecule has 4 heterocycles. The fraction of sp³-hybridized carbons (Fsp3) is 0.333. The highest BCUT2D eigenvalue weighted by atomic mass is 32.2. The average Bonchev–Trinajstić information content (AvgIpc) is 3.13. The van der Waals surface area contributed by atoms with E-state index in [1.165, 1.54) is 11.8 Å². The zero-order valence-corrected chi connectivity index (χ0v) is 22.3. The zero-order valence-electron chi connectivity index (χ0n) is 20.7. The van der Waals surface area contributed by atoms with Crippen molar-refractivity contribution >= 4 is 51.7 Å². The second-order valence-corrected chi connectivity index (χ2v) is 11.0. The van der Waals surface area contributed by atoms with E-state index in [1.54, 1.807) is 21.6 Å². The standard InChI is InChI=1S/C27H28N4O3S2/c1-16-9-8-12-30-23(16)28-24(29-14-17(2)34-18(3)15-29)21(25(30)32)13-22-26(33)31(27(35)36-22)19(4)20-10-6-5-7-11-20/h5-13,17-19H,14-15H2,1-4H3. The fourth-order valence-electron chi connectivity index (χ4n) is 4.84. The van der Waals surface area contributed by atoms with E-state index in [1.807, 2.05) is 70.2 Å². The fourth-order valence-corrected chi connectivity index (χ4v) is 6.24. The van der Waals surface area contributed by atoms with Crippen molar-refractivity contribution in [1.29, 1.82) is 0 Å². The molecule has 1 aromatic carbocycles. The van der Waals surface area contributed by atoms with Crippen LogP contribution in [0.1, 0.15) is 43.5 Å². The van der Waals surface area contributed by atoms with Gasteiger partial charge in [-0.1, -0.05) is 60.4 Å². The molecule has 2 fully saturated rings. The molecule has 0 bridgehead atoms. The smallest absolute Gasteiger partial charge is 0.267 e. The first-order valence-corrected chi connectivity index (χ1v) is 13.2. The molecule has 7 nitrogen and oxygen atoms in total. The summed E-state index contributed by atoms with van der Waals surface area (Å²) in [4.78, 5) is 36.4. The van der Waals surface area contributed by atoms with Gasteiger partial charge < -0.3 is 9.64 Å². The van der Waals surface area contributed by atoms with Gasteiger partial charge in [0.05, 0.1) is 28.7 Å². The Morgan fingerprint density at radius 3 is 2.50 bits per heavy atom. The van der Waals surface area contributed by atoms with Crippen molar-refractivity contribution in [2.75, 3.05) is 18.0 Å². The Morgan fingerprint density at radius 2 is 1.81 bits per heavy atom. The number of amides is 1. The van der Waals surface area contributed by atoms with E-state index in [2.05, 4.69) is 4.90 Å². The number of hydrogen-bond donors (Lipinski definition) is 0. The molecule has 2 aliphatic rings. The lowest BCUT2D eigenvalue weighted by atomic mass is 10.1. The normalized spacial score (nSPS) is 22.6. The van der Waals surface area contributed by atoms with Gasteiger partial charge in [0.2, 0.25) is 0 Å².